The first-order chi connectivity index (χ1) is 13.8. The summed E-state index contributed by atoms with van der Waals surface area (Å²) in [5, 5.41) is 1.13. The van der Waals surface area contributed by atoms with Gasteiger partial charge in [-0.3, -0.25) is 0 Å². The van der Waals surface area contributed by atoms with E-state index in [2.05, 4.69) is 20.8 Å². The summed E-state index contributed by atoms with van der Waals surface area (Å²) < 4.78 is 15.9. The highest BCUT2D eigenvalue weighted by molar-refractivity contribution is 6.21. The zero-order chi connectivity index (χ0) is 20.7. The van der Waals surface area contributed by atoms with Gasteiger partial charge in [0.2, 0.25) is 0 Å². The van der Waals surface area contributed by atoms with Gasteiger partial charge in [-0.2, -0.15) is 0 Å². The summed E-state index contributed by atoms with van der Waals surface area (Å²) in [5.41, 5.74) is 0.522. The van der Waals surface area contributed by atoms with Gasteiger partial charge in [0.1, 0.15) is 11.9 Å². The quantitative estimate of drug-likeness (QED) is 0.407. The topological polar surface area (TPSA) is 78.9 Å². The van der Waals surface area contributed by atoms with Gasteiger partial charge in [-0.15, -0.1) is 0 Å². The van der Waals surface area contributed by atoms with Crippen LogP contribution < -0.4 is 4.74 Å². The maximum Gasteiger partial charge on any atom is 0.514 e. The van der Waals surface area contributed by atoms with E-state index in [4.69, 9.17) is 14.2 Å². The standard InChI is InChI=1S/C23H24O6/c1-12(2)16-8-7-13(3)9-19(16)28-23(26)27-15-10-14-5-4-6-17-20(14)18(11-15)22(25)29-21(17)24/h4-6,10-13,16,19H,7-9H2,1-3H3. The number of esters is 2. The van der Waals surface area contributed by atoms with Crippen molar-refractivity contribution < 1.29 is 28.6 Å². The fourth-order valence-electron chi connectivity index (χ4n) is 4.48. The molecular weight excluding hydrogens is 372 g/mol. The summed E-state index contributed by atoms with van der Waals surface area (Å²) in [5.74, 6) is -0.0217. The van der Waals surface area contributed by atoms with E-state index in [-0.39, 0.29) is 17.4 Å². The molecular formula is C23H24O6. The molecule has 1 aliphatic heterocycles. The molecule has 0 saturated heterocycles. The third-order valence-electron chi connectivity index (χ3n) is 5.99. The Bertz CT molecular complexity index is 992. The van der Waals surface area contributed by atoms with Gasteiger partial charge in [0.15, 0.2) is 0 Å². The fraction of sp³-hybridized carbons (Fsp3) is 0.435. The number of rotatable bonds is 3. The number of hydrogen-bond donors (Lipinski definition) is 0. The lowest BCUT2D eigenvalue weighted by Crippen LogP contribution is -2.36. The Balaban J connectivity index is 1.58. The average Bonchev–Trinajstić information content (AvgIpc) is 2.65. The fourth-order valence-corrected chi connectivity index (χ4v) is 4.48. The van der Waals surface area contributed by atoms with E-state index in [1.165, 1.54) is 6.07 Å². The second-order valence-electron chi connectivity index (χ2n) is 8.39. The van der Waals surface area contributed by atoms with E-state index in [1.807, 2.05) is 0 Å². The van der Waals surface area contributed by atoms with Crippen molar-refractivity contribution in [2.75, 3.05) is 0 Å². The second-order valence-corrected chi connectivity index (χ2v) is 8.39. The van der Waals surface area contributed by atoms with Crippen LogP contribution in [0.1, 0.15) is 60.7 Å². The Morgan fingerprint density at radius 3 is 2.62 bits per heavy atom. The highest BCUT2D eigenvalue weighted by atomic mass is 16.7. The first-order valence-corrected chi connectivity index (χ1v) is 10.0. The van der Waals surface area contributed by atoms with Crippen LogP contribution in [0.25, 0.3) is 10.8 Å². The van der Waals surface area contributed by atoms with Crippen LogP contribution >= 0.6 is 0 Å². The van der Waals surface area contributed by atoms with Crippen molar-refractivity contribution in [3.63, 3.8) is 0 Å². The van der Waals surface area contributed by atoms with E-state index >= 15 is 0 Å². The zero-order valence-corrected chi connectivity index (χ0v) is 16.8. The van der Waals surface area contributed by atoms with Crippen molar-refractivity contribution in [3.8, 4) is 5.75 Å². The molecule has 1 fully saturated rings. The van der Waals surface area contributed by atoms with Crippen LogP contribution in [0.15, 0.2) is 30.3 Å². The Labute approximate surface area is 169 Å². The summed E-state index contributed by atoms with van der Waals surface area (Å²) in [4.78, 5) is 36.6. The van der Waals surface area contributed by atoms with Gasteiger partial charge in [-0.05, 0) is 54.2 Å². The maximum atomic E-state index is 12.5. The van der Waals surface area contributed by atoms with Gasteiger partial charge >= 0.3 is 18.1 Å². The molecule has 2 aromatic carbocycles. The van der Waals surface area contributed by atoms with E-state index in [0.29, 0.717) is 34.1 Å². The number of cyclic esters (lactones) is 2. The van der Waals surface area contributed by atoms with Crippen LogP contribution in [-0.4, -0.2) is 24.2 Å². The van der Waals surface area contributed by atoms with Gasteiger partial charge < -0.3 is 14.2 Å². The van der Waals surface area contributed by atoms with Crippen molar-refractivity contribution in [1.29, 1.82) is 0 Å². The Morgan fingerprint density at radius 2 is 1.86 bits per heavy atom. The summed E-state index contributed by atoms with van der Waals surface area (Å²) in [6.07, 6.45) is 2.02. The van der Waals surface area contributed by atoms with Crippen molar-refractivity contribution >= 4 is 28.9 Å². The normalized spacial score (nSPS) is 23.8. The minimum atomic E-state index is -0.780. The molecule has 0 bridgehead atoms. The van der Waals surface area contributed by atoms with Gasteiger partial charge in [0, 0.05) is 5.39 Å². The Hall–Kier alpha value is -2.89. The number of ether oxygens (including phenoxy) is 3. The predicted octanol–water partition coefficient (Wildman–Crippen LogP) is 5.13. The van der Waals surface area contributed by atoms with Crippen LogP contribution in [0, 0.1) is 17.8 Å². The molecule has 1 heterocycles. The Morgan fingerprint density at radius 1 is 1.10 bits per heavy atom. The second kappa shape index (κ2) is 7.50. The lowest BCUT2D eigenvalue weighted by atomic mass is 9.75. The summed E-state index contributed by atoms with van der Waals surface area (Å²) in [7, 11) is 0. The maximum absolute atomic E-state index is 12.5. The smallest absolute Gasteiger partial charge is 0.430 e. The minimum Gasteiger partial charge on any atom is -0.430 e. The summed E-state index contributed by atoms with van der Waals surface area (Å²) >= 11 is 0. The molecule has 4 rings (SSSR count). The molecule has 0 spiro atoms. The zero-order valence-electron chi connectivity index (χ0n) is 16.8. The molecule has 0 N–H and O–H groups in total. The largest absolute Gasteiger partial charge is 0.514 e. The lowest BCUT2D eigenvalue weighted by Gasteiger charge is -2.36. The monoisotopic (exact) mass is 396 g/mol. The third-order valence-corrected chi connectivity index (χ3v) is 5.99. The number of benzene rings is 2. The van der Waals surface area contributed by atoms with Crippen LogP contribution in [0.5, 0.6) is 5.75 Å². The highest BCUT2D eigenvalue weighted by Crippen LogP contribution is 2.36. The molecule has 6 nitrogen and oxygen atoms in total. The molecule has 1 saturated carbocycles. The number of carbonyl (C=O) groups excluding carboxylic acids is 3. The number of carbonyl (C=O) groups is 3. The molecule has 152 valence electrons. The third kappa shape index (κ3) is 3.71. The lowest BCUT2D eigenvalue weighted by molar-refractivity contribution is -0.0137. The average molecular weight is 396 g/mol. The first kappa shape index (κ1) is 19.4. The highest BCUT2D eigenvalue weighted by Gasteiger charge is 2.34. The number of hydrogen-bond acceptors (Lipinski definition) is 6. The van der Waals surface area contributed by atoms with E-state index in [0.717, 1.165) is 19.3 Å². The SMILES string of the molecule is CC1CCC(C(C)C)C(OC(=O)Oc2cc3c4c(cccc4c2)C(=O)OC3=O)C1. The van der Waals surface area contributed by atoms with E-state index < -0.39 is 18.1 Å². The van der Waals surface area contributed by atoms with Crippen LogP contribution in [0.2, 0.25) is 0 Å². The van der Waals surface area contributed by atoms with Crippen LogP contribution in [-0.2, 0) is 9.47 Å². The van der Waals surface area contributed by atoms with Crippen molar-refractivity contribution in [2.45, 2.75) is 46.1 Å². The minimum absolute atomic E-state index is 0.181. The van der Waals surface area contributed by atoms with Crippen LogP contribution in [0.4, 0.5) is 4.79 Å². The molecule has 2 aromatic rings. The molecule has 3 atom stereocenters. The molecule has 1 aliphatic carbocycles. The van der Waals surface area contributed by atoms with E-state index in [1.54, 1.807) is 24.3 Å². The van der Waals surface area contributed by atoms with Gasteiger partial charge in [0.05, 0.1) is 11.1 Å². The van der Waals surface area contributed by atoms with Crippen molar-refractivity contribution in [2.24, 2.45) is 17.8 Å². The molecule has 0 amide bonds. The molecule has 2 aliphatic rings. The van der Waals surface area contributed by atoms with Gasteiger partial charge in [-0.25, -0.2) is 14.4 Å². The molecule has 6 heteroatoms. The van der Waals surface area contributed by atoms with E-state index in [9.17, 15) is 14.4 Å². The van der Waals surface area contributed by atoms with Crippen molar-refractivity contribution in [3.05, 3.63) is 41.5 Å². The van der Waals surface area contributed by atoms with Crippen molar-refractivity contribution in [1.82, 2.24) is 0 Å². The molecule has 3 unspecified atom stereocenters. The Kier molecular flexibility index (Phi) is 5.03. The predicted molar refractivity (Wildman–Crippen MR) is 106 cm³/mol. The molecule has 29 heavy (non-hydrogen) atoms. The molecule has 0 radical (unpaired) electrons. The molecule has 0 aromatic heterocycles. The van der Waals surface area contributed by atoms with Gasteiger partial charge in [0.25, 0.3) is 0 Å². The summed E-state index contributed by atoms with van der Waals surface area (Å²) in [6, 6.07) is 8.09. The summed E-state index contributed by atoms with van der Waals surface area (Å²) in [6.45, 7) is 6.44. The van der Waals surface area contributed by atoms with Gasteiger partial charge in [-0.1, -0.05) is 39.3 Å². The van der Waals surface area contributed by atoms with Crippen LogP contribution in [0.3, 0.4) is 0 Å². The first-order valence-electron chi connectivity index (χ1n) is 10.0.